The summed E-state index contributed by atoms with van der Waals surface area (Å²) in [6.07, 6.45) is 0.633. The zero-order valence-electron chi connectivity index (χ0n) is 16.9. The first-order valence-electron chi connectivity index (χ1n) is 10.0. The van der Waals surface area contributed by atoms with Crippen molar-refractivity contribution in [3.8, 4) is 0 Å². The van der Waals surface area contributed by atoms with Gasteiger partial charge in [-0.15, -0.1) is 0 Å². The molecule has 0 unspecified atom stereocenters. The number of hydrogen-bond acceptors (Lipinski definition) is 5. The second-order valence-electron chi connectivity index (χ2n) is 7.69. The van der Waals surface area contributed by atoms with Gasteiger partial charge in [-0.25, -0.2) is 14.5 Å². The SMILES string of the molecule is CCOC(=O)[C@H]1[C@H](c2ccccc2)N1n1c(CC(C)C)nc2ccccc2c1=O. The molecule has 3 aromatic rings. The topological polar surface area (TPSA) is 64.2 Å². The average Bonchev–Trinajstić information content (AvgIpc) is 3.44. The Morgan fingerprint density at radius 3 is 2.48 bits per heavy atom. The Bertz CT molecular complexity index is 1090. The van der Waals surface area contributed by atoms with Crippen LogP contribution in [0.15, 0.2) is 59.4 Å². The molecule has 1 aliphatic heterocycles. The molecule has 29 heavy (non-hydrogen) atoms. The number of carbonyl (C=O) groups excluding carboxylic acids is 1. The summed E-state index contributed by atoms with van der Waals surface area (Å²) in [7, 11) is 0. The summed E-state index contributed by atoms with van der Waals surface area (Å²) < 4.78 is 6.90. The molecule has 0 amide bonds. The molecule has 6 nitrogen and oxygen atoms in total. The number of para-hydroxylation sites is 1. The van der Waals surface area contributed by atoms with Crippen LogP contribution in [0.3, 0.4) is 0 Å². The van der Waals surface area contributed by atoms with Crippen LogP contribution in [0, 0.1) is 5.92 Å². The summed E-state index contributed by atoms with van der Waals surface area (Å²) in [5.74, 6) is 0.652. The lowest BCUT2D eigenvalue weighted by atomic mass is 10.1. The van der Waals surface area contributed by atoms with Gasteiger partial charge in [-0.1, -0.05) is 56.3 Å². The van der Waals surface area contributed by atoms with Crippen molar-refractivity contribution in [3.05, 3.63) is 76.3 Å². The first kappa shape index (κ1) is 19.2. The van der Waals surface area contributed by atoms with E-state index in [1.165, 1.54) is 0 Å². The smallest absolute Gasteiger partial charge is 0.333 e. The molecule has 0 N–H and O–H groups in total. The van der Waals surface area contributed by atoms with Crippen LogP contribution in [-0.2, 0) is 16.0 Å². The van der Waals surface area contributed by atoms with E-state index in [1.807, 2.05) is 53.5 Å². The maximum absolute atomic E-state index is 13.4. The first-order valence-corrected chi connectivity index (χ1v) is 10.0. The molecule has 1 aromatic heterocycles. The highest BCUT2D eigenvalue weighted by atomic mass is 16.5. The van der Waals surface area contributed by atoms with E-state index in [-0.39, 0.29) is 17.6 Å². The van der Waals surface area contributed by atoms with E-state index in [0.717, 1.165) is 5.56 Å². The van der Waals surface area contributed by atoms with Crippen molar-refractivity contribution in [1.82, 2.24) is 9.66 Å². The van der Waals surface area contributed by atoms with Gasteiger partial charge < -0.3 is 4.74 Å². The Labute approximate surface area is 169 Å². The van der Waals surface area contributed by atoms with Crippen LogP contribution < -0.4 is 10.6 Å². The van der Waals surface area contributed by atoms with Crippen molar-refractivity contribution in [1.29, 1.82) is 0 Å². The quantitative estimate of drug-likeness (QED) is 0.477. The van der Waals surface area contributed by atoms with Crippen molar-refractivity contribution in [2.75, 3.05) is 11.6 Å². The Morgan fingerprint density at radius 1 is 1.10 bits per heavy atom. The Morgan fingerprint density at radius 2 is 1.79 bits per heavy atom. The number of nitrogens with zero attached hydrogens (tertiary/aromatic N) is 3. The normalized spacial score (nSPS) is 18.3. The van der Waals surface area contributed by atoms with Crippen LogP contribution in [0.25, 0.3) is 10.9 Å². The Kier molecular flexibility index (Phi) is 5.09. The minimum Gasteiger partial charge on any atom is -0.464 e. The van der Waals surface area contributed by atoms with Crippen LogP contribution in [0.4, 0.5) is 0 Å². The minimum atomic E-state index is -0.538. The van der Waals surface area contributed by atoms with E-state index >= 15 is 0 Å². The number of benzene rings is 2. The number of esters is 1. The molecule has 1 fully saturated rings. The molecule has 0 spiro atoms. The number of rotatable bonds is 6. The van der Waals surface area contributed by atoms with Gasteiger partial charge in [0.1, 0.15) is 11.9 Å². The summed E-state index contributed by atoms with van der Waals surface area (Å²) in [5, 5.41) is 2.36. The molecule has 1 saturated heterocycles. The second-order valence-corrected chi connectivity index (χ2v) is 7.69. The number of fused-ring (bicyclic) bond motifs is 1. The number of hydrogen-bond donors (Lipinski definition) is 0. The summed E-state index contributed by atoms with van der Waals surface area (Å²) in [6, 6.07) is 16.3. The van der Waals surface area contributed by atoms with E-state index in [9.17, 15) is 9.59 Å². The molecule has 150 valence electrons. The Hall–Kier alpha value is -3.15. The van der Waals surface area contributed by atoms with E-state index in [2.05, 4.69) is 13.8 Å². The van der Waals surface area contributed by atoms with Crippen LogP contribution in [-0.4, -0.2) is 28.3 Å². The predicted octanol–water partition coefficient (Wildman–Crippen LogP) is 3.22. The highest BCUT2D eigenvalue weighted by Gasteiger charge is 2.56. The molecule has 2 heterocycles. The lowest BCUT2D eigenvalue weighted by Gasteiger charge is -2.17. The summed E-state index contributed by atoms with van der Waals surface area (Å²) in [6.45, 7) is 6.27. The maximum Gasteiger partial charge on any atom is 0.333 e. The van der Waals surface area contributed by atoms with Crippen molar-refractivity contribution >= 4 is 16.9 Å². The lowest BCUT2D eigenvalue weighted by Crippen LogP contribution is -2.36. The number of carbonyl (C=O) groups is 1. The van der Waals surface area contributed by atoms with Crippen molar-refractivity contribution < 1.29 is 9.53 Å². The molecule has 4 rings (SSSR count). The highest BCUT2D eigenvalue weighted by molar-refractivity contribution is 5.85. The van der Waals surface area contributed by atoms with Crippen LogP contribution >= 0.6 is 0 Å². The van der Waals surface area contributed by atoms with E-state index in [1.54, 1.807) is 17.7 Å². The average molecular weight is 391 g/mol. The monoisotopic (exact) mass is 391 g/mol. The summed E-state index contributed by atoms with van der Waals surface area (Å²) in [4.78, 5) is 30.9. The largest absolute Gasteiger partial charge is 0.464 e. The molecule has 2 atom stereocenters. The third kappa shape index (κ3) is 3.50. The third-order valence-electron chi connectivity index (χ3n) is 5.09. The fourth-order valence-corrected chi connectivity index (χ4v) is 3.82. The van der Waals surface area contributed by atoms with Crippen molar-refractivity contribution in [2.45, 2.75) is 39.3 Å². The standard InChI is InChI=1S/C23H25N3O3/c1-4-29-23(28)21-20(16-10-6-5-7-11-16)26(21)25-19(14-15(2)3)24-18-13-9-8-12-17(18)22(25)27/h5-13,15,20-21H,4,14H2,1-3H3/t20-,21+,26?/m0/s1. The van der Waals surface area contributed by atoms with Gasteiger partial charge in [-0.05, 0) is 30.5 Å². The van der Waals surface area contributed by atoms with Crippen molar-refractivity contribution in [2.24, 2.45) is 5.92 Å². The van der Waals surface area contributed by atoms with Crippen LogP contribution in [0.5, 0.6) is 0 Å². The van der Waals surface area contributed by atoms with Gasteiger partial charge >= 0.3 is 5.97 Å². The lowest BCUT2D eigenvalue weighted by molar-refractivity contribution is -0.142. The van der Waals surface area contributed by atoms with E-state index in [4.69, 9.17) is 9.72 Å². The van der Waals surface area contributed by atoms with E-state index in [0.29, 0.717) is 35.7 Å². The van der Waals surface area contributed by atoms with Gasteiger partial charge in [0, 0.05) is 6.42 Å². The van der Waals surface area contributed by atoms with Crippen LogP contribution in [0.2, 0.25) is 0 Å². The molecule has 0 saturated carbocycles. The number of aromatic nitrogens is 2. The summed E-state index contributed by atoms with van der Waals surface area (Å²) >= 11 is 0. The minimum absolute atomic E-state index is 0.154. The zero-order chi connectivity index (χ0) is 20.5. The fourth-order valence-electron chi connectivity index (χ4n) is 3.82. The maximum atomic E-state index is 13.4. The van der Waals surface area contributed by atoms with Crippen molar-refractivity contribution in [3.63, 3.8) is 0 Å². The molecular weight excluding hydrogens is 366 g/mol. The molecule has 1 aliphatic rings. The molecule has 2 aromatic carbocycles. The molecular formula is C23H25N3O3. The predicted molar refractivity (Wildman–Crippen MR) is 112 cm³/mol. The van der Waals surface area contributed by atoms with Gasteiger partial charge in [-0.3, -0.25) is 9.80 Å². The first-order chi connectivity index (χ1) is 14.0. The van der Waals surface area contributed by atoms with Gasteiger partial charge in [-0.2, -0.15) is 0 Å². The molecule has 0 aliphatic carbocycles. The second kappa shape index (κ2) is 7.70. The molecule has 0 bridgehead atoms. The third-order valence-corrected chi connectivity index (χ3v) is 5.09. The fraction of sp³-hybridized carbons (Fsp3) is 0.348. The highest BCUT2D eigenvalue weighted by Crippen LogP contribution is 2.42. The van der Waals surface area contributed by atoms with Gasteiger partial charge in [0.2, 0.25) is 0 Å². The molecule has 0 radical (unpaired) electrons. The Balaban J connectivity index is 1.88. The van der Waals surface area contributed by atoms with E-state index < -0.39 is 6.04 Å². The summed E-state index contributed by atoms with van der Waals surface area (Å²) in [5.41, 5.74) is 1.50. The number of ether oxygens (including phenoxy) is 1. The van der Waals surface area contributed by atoms with Gasteiger partial charge in [0.25, 0.3) is 5.56 Å². The van der Waals surface area contributed by atoms with Gasteiger partial charge in [0.05, 0.1) is 17.5 Å². The van der Waals surface area contributed by atoms with Crippen LogP contribution in [0.1, 0.15) is 38.2 Å². The zero-order valence-corrected chi connectivity index (χ0v) is 16.9. The van der Waals surface area contributed by atoms with Gasteiger partial charge in [0.15, 0.2) is 6.04 Å². The molecule has 6 heteroatoms.